The Bertz CT molecular complexity index is 1300. The van der Waals surface area contributed by atoms with Gasteiger partial charge in [0.05, 0.1) is 5.52 Å². The number of hydrogen-bond donors (Lipinski definition) is 1. The lowest BCUT2D eigenvalue weighted by Crippen LogP contribution is -2.39. The summed E-state index contributed by atoms with van der Waals surface area (Å²) in [6.07, 6.45) is 7.12. The number of rotatable bonds is 4. The summed E-state index contributed by atoms with van der Waals surface area (Å²) in [5, 5.41) is 11.4. The van der Waals surface area contributed by atoms with Crippen molar-refractivity contribution in [2.45, 2.75) is 12.8 Å². The highest BCUT2D eigenvalue weighted by Gasteiger charge is 2.19. The first-order valence-electron chi connectivity index (χ1n) is 10.8. The Morgan fingerprint density at radius 1 is 1.03 bits per heavy atom. The highest BCUT2D eigenvalue weighted by atomic mass is 16.5. The molecule has 0 aliphatic carbocycles. The molecule has 8 nitrogen and oxygen atoms in total. The molecule has 2 aromatic heterocycles. The molecule has 8 heteroatoms. The molecule has 0 spiro atoms. The SMILES string of the molecule is O=C(Nc1cccnn1)N1CCC(=Cc2cccc(Oc3ncc4ccccc4n3)c2)CC1. The van der Waals surface area contributed by atoms with E-state index in [4.69, 9.17) is 4.74 Å². The van der Waals surface area contributed by atoms with E-state index in [-0.39, 0.29) is 6.03 Å². The Labute approximate surface area is 191 Å². The molecule has 1 N–H and O–H groups in total. The molecular weight excluding hydrogens is 416 g/mol. The van der Waals surface area contributed by atoms with Gasteiger partial charge in [0.25, 0.3) is 0 Å². The minimum atomic E-state index is -0.152. The van der Waals surface area contributed by atoms with Crippen LogP contribution in [0.1, 0.15) is 18.4 Å². The summed E-state index contributed by atoms with van der Waals surface area (Å²) in [6, 6.07) is 19.3. The van der Waals surface area contributed by atoms with Gasteiger partial charge in [0.1, 0.15) is 5.75 Å². The van der Waals surface area contributed by atoms with Crippen LogP contribution in [0.15, 0.2) is 78.6 Å². The minimum absolute atomic E-state index is 0.152. The number of amides is 2. The van der Waals surface area contributed by atoms with Crippen LogP contribution in [0.2, 0.25) is 0 Å². The standard InChI is InChI=1S/C25H22N6O2/c32-25(29-23-9-4-12-27-30-23)31-13-10-18(11-14-31)15-19-5-3-7-21(16-19)33-24-26-17-20-6-1-2-8-22(20)28-24/h1-9,12,15-17H,10-11,13-14H2,(H,29,30,32). The van der Waals surface area contributed by atoms with Crippen molar-refractivity contribution in [3.8, 4) is 11.8 Å². The van der Waals surface area contributed by atoms with Gasteiger partial charge in [0, 0.05) is 30.9 Å². The zero-order valence-corrected chi connectivity index (χ0v) is 17.9. The Kier molecular flexibility index (Phi) is 5.88. The van der Waals surface area contributed by atoms with Gasteiger partial charge in [-0.3, -0.25) is 5.32 Å². The number of nitrogens with one attached hydrogen (secondary N) is 1. The van der Waals surface area contributed by atoms with E-state index in [1.54, 1.807) is 29.4 Å². The summed E-state index contributed by atoms with van der Waals surface area (Å²) in [5.74, 6) is 1.14. The fraction of sp³-hybridized carbons (Fsp3) is 0.160. The Morgan fingerprint density at radius 3 is 2.76 bits per heavy atom. The number of aromatic nitrogens is 4. The monoisotopic (exact) mass is 438 g/mol. The van der Waals surface area contributed by atoms with E-state index in [1.165, 1.54) is 5.57 Å². The third-order valence-corrected chi connectivity index (χ3v) is 5.41. The van der Waals surface area contributed by atoms with Crippen LogP contribution >= 0.6 is 0 Å². The Morgan fingerprint density at radius 2 is 1.91 bits per heavy atom. The number of ether oxygens (including phenoxy) is 1. The zero-order chi connectivity index (χ0) is 22.5. The molecule has 2 aromatic carbocycles. The zero-order valence-electron chi connectivity index (χ0n) is 17.9. The number of piperidine rings is 1. The van der Waals surface area contributed by atoms with Crippen molar-refractivity contribution >= 4 is 28.8 Å². The van der Waals surface area contributed by atoms with Gasteiger partial charge in [-0.1, -0.05) is 42.0 Å². The molecule has 5 rings (SSSR count). The number of fused-ring (bicyclic) bond motifs is 1. The highest BCUT2D eigenvalue weighted by molar-refractivity contribution is 5.88. The van der Waals surface area contributed by atoms with Crippen molar-refractivity contribution in [3.05, 3.63) is 84.2 Å². The second-order valence-electron chi connectivity index (χ2n) is 7.71. The number of para-hydroxylation sites is 1. The van der Waals surface area contributed by atoms with Crippen molar-refractivity contribution < 1.29 is 9.53 Å². The van der Waals surface area contributed by atoms with Gasteiger partial charge in [0.2, 0.25) is 0 Å². The minimum Gasteiger partial charge on any atom is -0.424 e. The molecule has 0 bridgehead atoms. The Hall–Kier alpha value is -4.33. The molecule has 33 heavy (non-hydrogen) atoms. The van der Waals surface area contributed by atoms with Crippen LogP contribution in [0.25, 0.3) is 17.0 Å². The molecule has 1 aliphatic heterocycles. The highest BCUT2D eigenvalue weighted by Crippen LogP contribution is 2.24. The predicted molar refractivity (Wildman–Crippen MR) is 126 cm³/mol. The van der Waals surface area contributed by atoms with Crippen molar-refractivity contribution in [1.82, 2.24) is 25.1 Å². The van der Waals surface area contributed by atoms with Gasteiger partial charge < -0.3 is 9.64 Å². The number of anilines is 1. The maximum Gasteiger partial charge on any atom is 0.323 e. The summed E-state index contributed by atoms with van der Waals surface area (Å²) in [5.41, 5.74) is 3.18. The molecule has 0 unspecified atom stereocenters. The number of likely N-dealkylation sites (tertiary alicyclic amines) is 1. The second-order valence-corrected chi connectivity index (χ2v) is 7.71. The predicted octanol–water partition coefficient (Wildman–Crippen LogP) is 4.92. The Balaban J connectivity index is 1.21. The van der Waals surface area contributed by atoms with Gasteiger partial charge >= 0.3 is 12.0 Å². The van der Waals surface area contributed by atoms with E-state index >= 15 is 0 Å². The van der Waals surface area contributed by atoms with Crippen LogP contribution in [0.5, 0.6) is 11.8 Å². The lowest BCUT2D eigenvalue weighted by atomic mass is 10.0. The maximum absolute atomic E-state index is 12.4. The number of benzene rings is 2. The molecule has 4 aromatic rings. The average Bonchev–Trinajstić information content (AvgIpc) is 2.85. The largest absolute Gasteiger partial charge is 0.424 e. The molecule has 0 saturated carbocycles. The van der Waals surface area contributed by atoms with Crippen molar-refractivity contribution in [1.29, 1.82) is 0 Å². The summed E-state index contributed by atoms with van der Waals surface area (Å²) in [7, 11) is 0. The second kappa shape index (κ2) is 9.44. The lowest BCUT2D eigenvalue weighted by molar-refractivity contribution is 0.207. The third kappa shape index (κ3) is 5.12. The summed E-state index contributed by atoms with van der Waals surface area (Å²) < 4.78 is 5.90. The van der Waals surface area contributed by atoms with Gasteiger partial charge in [0.15, 0.2) is 5.82 Å². The van der Waals surface area contributed by atoms with Crippen LogP contribution in [0.4, 0.5) is 10.6 Å². The van der Waals surface area contributed by atoms with E-state index in [0.717, 1.165) is 29.3 Å². The van der Waals surface area contributed by atoms with Gasteiger partial charge in [-0.15, -0.1) is 5.10 Å². The van der Waals surface area contributed by atoms with Crippen LogP contribution < -0.4 is 10.1 Å². The van der Waals surface area contributed by atoms with Crippen molar-refractivity contribution in [2.75, 3.05) is 18.4 Å². The number of carbonyl (C=O) groups is 1. The van der Waals surface area contributed by atoms with E-state index in [1.807, 2.05) is 48.5 Å². The maximum atomic E-state index is 12.4. The first-order valence-corrected chi connectivity index (χ1v) is 10.8. The average molecular weight is 438 g/mol. The van der Waals surface area contributed by atoms with Gasteiger partial charge in [-0.25, -0.2) is 9.78 Å². The number of hydrogen-bond acceptors (Lipinski definition) is 6. The molecule has 1 saturated heterocycles. The van der Waals surface area contributed by atoms with Crippen molar-refractivity contribution in [2.24, 2.45) is 0 Å². The van der Waals surface area contributed by atoms with E-state index < -0.39 is 0 Å². The molecule has 164 valence electrons. The van der Waals surface area contributed by atoms with Crippen LogP contribution in [-0.2, 0) is 0 Å². The van der Waals surface area contributed by atoms with Crippen LogP contribution in [0, 0.1) is 0 Å². The molecule has 1 fully saturated rings. The van der Waals surface area contributed by atoms with Crippen LogP contribution in [0.3, 0.4) is 0 Å². The molecule has 2 amide bonds. The van der Waals surface area contributed by atoms with E-state index in [0.29, 0.717) is 30.7 Å². The van der Waals surface area contributed by atoms with E-state index in [9.17, 15) is 4.79 Å². The molecule has 3 heterocycles. The molecule has 0 radical (unpaired) electrons. The fourth-order valence-electron chi connectivity index (χ4n) is 3.71. The van der Waals surface area contributed by atoms with Crippen molar-refractivity contribution in [3.63, 3.8) is 0 Å². The summed E-state index contributed by atoms with van der Waals surface area (Å²) in [6.45, 7) is 1.30. The quantitative estimate of drug-likeness (QED) is 0.486. The molecule has 0 atom stereocenters. The summed E-state index contributed by atoms with van der Waals surface area (Å²) in [4.78, 5) is 23.0. The normalized spacial score (nSPS) is 13.6. The summed E-state index contributed by atoms with van der Waals surface area (Å²) >= 11 is 0. The first-order chi connectivity index (χ1) is 16.2. The van der Waals surface area contributed by atoms with Gasteiger partial charge in [-0.05, 0) is 48.7 Å². The number of urea groups is 1. The van der Waals surface area contributed by atoms with Gasteiger partial charge in [-0.2, -0.15) is 10.1 Å². The van der Waals surface area contributed by atoms with Crippen LogP contribution in [-0.4, -0.2) is 44.2 Å². The topological polar surface area (TPSA) is 93.1 Å². The third-order valence-electron chi connectivity index (χ3n) is 5.41. The lowest BCUT2D eigenvalue weighted by Gasteiger charge is -2.28. The molecule has 1 aliphatic rings. The number of nitrogens with zero attached hydrogens (tertiary/aromatic N) is 5. The first kappa shape index (κ1) is 20.6. The fourth-order valence-corrected chi connectivity index (χ4v) is 3.71. The smallest absolute Gasteiger partial charge is 0.323 e. The number of carbonyl (C=O) groups excluding carboxylic acids is 1. The molecular formula is C25H22N6O2. The van der Waals surface area contributed by atoms with E-state index in [2.05, 4.69) is 31.6 Å².